The molecule has 0 radical (unpaired) electrons. The Hall–Kier alpha value is -2.61. The number of carbonyl (C=O) groups excluding carboxylic acids is 2. The lowest BCUT2D eigenvalue weighted by atomic mass is 10.1. The molecule has 0 saturated carbocycles. The highest BCUT2D eigenvalue weighted by Gasteiger charge is 2.25. The summed E-state index contributed by atoms with van der Waals surface area (Å²) in [7, 11) is 0. The summed E-state index contributed by atoms with van der Waals surface area (Å²) < 4.78 is 3.28. The zero-order chi connectivity index (χ0) is 21.1. The molecule has 1 aromatic carbocycles. The molecule has 1 aromatic heterocycles. The predicted octanol–water partition coefficient (Wildman–Crippen LogP) is 0.980. The molecule has 8 heteroatoms. The SMILES string of the molecule is CCn1c(=O)n(CC(=O)N2CCN(CC(=O)N3CCCCC3)CC2)c2ccccc21. The molecule has 2 saturated heterocycles. The fourth-order valence-electron chi connectivity index (χ4n) is 4.56. The monoisotopic (exact) mass is 413 g/mol. The largest absolute Gasteiger partial charge is 0.342 e. The number of imidazole rings is 1. The molecule has 2 aliphatic rings. The Labute approximate surface area is 176 Å². The summed E-state index contributed by atoms with van der Waals surface area (Å²) in [6, 6.07) is 7.60. The van der Waals surface area contributed by atoms with Gasteiger partial charge in [-0.05, 0) is 38.3 Å². The van der Waals surface area contributed by atoms with E-state index in [1.165, 1.54) is 6.42 Å². The molecule has 0 N–H and O–H groups in total. The van der Waals surface area contributed by atoms with Crippen LogP contribution in [0.2, 0.25) is 0 Å². The van der Waals surface area contributed by atoms with Gasteiger partial charge in [-0.15, -0.1) is 0 Å². The van der Waals surface area contributed by atoms with Gasteiger partial charge in [-0.1, -0.05) is 12.1 Å². The molecule has 0 unspecified atom stereocenters. The minimum Gasteiger partial charge on any atom is -0.342 e. The maximum absolute atomic E-state index is 12.9. The van der Waals surface area contributed by atoms with Crippen molar-refractivity contribution in [3.8, 4) is 0 Å². The molecule has 0 bridgehead atoms. The van der Waals surface area contributed by atoms with Crippen LogP contribution < -0.4 is 5.69 Å². The first-order valence-electron chi connectivity index (χ1n) is 11.0. The number of fused-ring (bicyclic) bond motifs is 1. The summed E-state index contributed by atoms with van der Waals surface area (Å²) in [6.07, 6.45) is 3.41. The van der Waals surface area contributed by atoms with E-state index in [0.29, 0.717) is 39.3 Å². The van der Waals surface area contributed by atoms with Crippen molar-refractivity contribution >= 4 is 22.8 Å². The quantitative estimate of drug-likeness (QED) is 0.733. The Morgan fingerprint density at radius 3 is 1.97 bits per heavy atom. The van der Waals surface area contributed by atoms with Crippen LogP contribution in [0.4, 0.5) is 0 Å². The first-order chi connectivity index (χ1) is 14.6. The van der Waals surface area contributed by atoms with Gasteiger partial charge in [-0.3, -0.25) is 23.6 Å². The molecule has 2 aromatic rings. The topological polar surface area (TPSA) is 70.8 Å². The summed E-state index contributed by atoms with van der Waals surface area (Å²) in [5.41, 5.74) is 1.51. The van der Waals surface area contributed by atoms with Gasteiger partial charge in [0.15, 0.2) is 0 Å². The normalized spacial score (nSPS) is 18.2. The summed E-state index contributed by atoms with van der Waals surface area (Å²) in [4.78, 5) is 44.1. The van der Waals surface area contributed by atoms with Gasteiger partial charge < -0.3 is 9.80 Å². The van der Waals surface area contributed by atoms with Crippen LogP contribution in [0.15, 0.2) is 29.1 Å². The van der Waals surface area contributed by atoms with Gasteiger partial charge in [0.2, 0.25) is 11.8 Å². The number of aromatic nitrogens is 2. The van der Waals surface area contributed by atoms with Gasteiger partial charge in [0.05, 0.1) is 17.6 Å². The number of hydrogen-bond donors (Lipinski definition) is 0. The van der Waals surface area contributed by atoms with Crippen molar-refractivity contribution in [3.05, 3.63) is 34.7 Å². The summed E-state index contributed by atoms with van der Waals surface area (Å²) in [6.45, 7) is 7.31. The van der Waals surface area contributed by atoms with Gasteiger partial charge in [0, 0.05) is 45.8 Å². The van der Waals surface area contributed by atoms with Gasteiger partial charge in [0.1, 0.15) is 6.54 Å². The van der Waals surface area contributed by atoms with Crippen molar-refractivity contribution in [1.82, 2.24) is 23.8 Å². The number of rotatable bonds is 5. The van der Waals surface area contributed by atoms with E-state index in [-0.39, 0.29) is 24.0 Å². The van der Waals surface area contributed by atoms with Gasteiger partial charge in [-0.25, -0.2) is 4.79 Å². The Balaban J connectivity index is 1.35. The minimum atomic E-state index is -0.141. The third-order valence-corrected chi connectivity index (χ3v) is 6.33. The zero-order valence-corrected chi connectivity index (χ0v) is 17.8. The molecule has 2 fully saturated rings. The Bertz CT molecular complexity index is 965. The molecule has 0 aliphatic carbocycles. The molecular formula is C22H31N5O3. The van der Waals surface area contributed by atoms with E-state index in [0.717, 1.165) is 37.0 Å². The van der Waals surface area contributed by atoms with Crippen molar-refractivity contribution in [2.45, 2.75) is 39.3 Å². The van der Waals surface area contributed by atoms with Crippen molar-refractivity contribution < 1.29 is 9.59 Å². The van der Waals surface area contributed by atoms with Gasteiger partial charge >= 0.3 is 5.69 Å². The van der Waals surface area contributed by atoms with E-state index in [2.05, 4.69) is 4.90 Å². The fourth-order valence-corrected chi connectivity index (χ4v) is 4.56. The van der Waals surface area contributed by atoms with E-state index in [1.807, 2.05) is 41.0 Å². The lowest BCUT2D eigenvalue weighted by Crippen LogP contribution is -2.52. The standard InChI is InChI=1S/C22H31N5O3/c1-2-26-18-8-4-5-9-19(18)27(22(26)30)17-21(29)25-14-12-23(13-15-25)16-20(28)24-10-6-3-7-11-24/h4-5,8-9H,2-3,6-7,10-17H2,1H3. The van der Waals surface area contributed by atoms with Crippen molar-refractivity contribution in [1.29, 1.82) is 0 Å². The maximum atomic E-state index is 12.9. The third kappa shape index (κ3) is 4.14. The van der Waals surface area contributed by atoms with Crippen LogP contribution in [0.1, 0.15) is 26.2 Å². The number of para-hydroxylation sites is 2. The summed E-state index contributed by atoms with van der Waals surface area (Å²) in [5.74, 6) is 0.159. The molecule has 2 amide bonds. The van der Waals surface area contributed by atoms with Crippen molar-refractivity contribution in [2.24, 2.45) is 0 Å². The highest BCUT2D eigenvalue weighted by molar-refractivity contribution is 5.81. The first kappa shape index (κ1) is 20.7. The van der Waals surface area contributed by atoms with Gasteiger partial charge in [0.25, 0.3) is 0 Å². The average Bonchev–Trinajstić information content (AvgIpc) is 3.05. The van der Waals surface area contributed by atoms with Gasteiger partial charge in [-0.2, -0.15) is 0 Å². The number of nitrogens with zero attached hydrogens (tertiary/aromatic N) is 5. The maximum Gasteiger partial charge on any atom is 0.329 e. The Morgan fingerprint density at radius 2 is 1.33 bits per heavy atom. The first-order valence-corrected chi connectivity index (χ1v) is 11.0. The summed E-state index contributed by atoms with van der Waals surface area (Å²) >= 11 is 0. The van der Waals surface area contributed by atoms with E-state index in [4.69, 9.17) is 0 Å². The van der Waals surface area contributed by atoms with Crippen molar-refractivity contribution in [3.63, 3.8) is 0 Å². The summed E-state index contributed by atoms with van der Waals surface area (Å²) in [5, 5.41) is 0. The Morgan fingerprint density at radius 1 is 0.767 bits per heavy atom. The number of hydrogen-bond acceptors (Lipinski definition) is 4. The smallest absolute Gasteiger partial charge is 0.329 e. The Kier molecular flexibility index (Phi) is 6.22. The predicted molar refractivity (Wildman–Crippen MR) is 115 cm³/mol. The van der Waals surface area contributed by atoms with Crippen LogP contribution in [0.5, 0.6) is 0 Å². The highest BCUT2D eigenvalue weighted by Crippen LogP contribution is 2.14. The number of carbonyl (C=O) groups is 2. The molecule has 162 valence electrons. The van der Waals surface area contributed by atoms with Crippen LogP contribution in [-0.4, -0.2) is 81.5 Å². The molecule has 2 aliphatic heterocycles. The molecule has 0 spiro atoms. The van der Waals surface area contributed by atoms with E-state index < -0.39 is 0 Å². The number of piperazine rings is 1. The number of benzene rings is 1. The number of piperidine rings is 1. The van der Waals surface area contributed by atoms with Crippen LogP contribution in [-0.2, 0) is 22.7 Å². The molecule has 3 heterocycles. The second-order valence-corrected chi connectivity index (χ2v) is 8.20. The van der Waals surface area contributed by atoms with Crippen LogP contribution >= 0.6 is 0 Å². The van der Waals surface area contributed by atoms with Crippen LogP contribution in [0, 0.1) is 0 Å². The zero-order valence-electron chi connectivity index (χ0n) is 17.8. The fraction of sp³-hybridized carbons (Fsp3) is 0.591. The molecule has 8 nitrogen and oxygen atoms in total. The second kappa shape index (κ2) is 9.04. The average molecular weight is 414 g/mol. The molecule has 4 rings (SSSR count). The molecular weight excluding hydrogens is 382 g/mol. The molecule has 30 heavy (non-hydrogen) atoms. The van der Waals surface area contributed by atoms with Crippen LogP contribution in [0.25, 0.3) is 11.0 Å². The third-order valence-electron chi connectivity index (χ3n) is 6.33. The lowest BCUT2D eigenvalue weighted by Gasteiger charge is -2.36. The van der Waals surface area contributed by atoms with E-state index in [1.54, 1.807) is 9.13 Å². The van der Waals surface area contributed by atoms with Crippen LogP contribution in [0.3, 0.4) is 0 Å². The van der Waals surface area contributed by atoms with E-state index in [9.17, 15) is 14.4 Å². The second-order valence-electron chi connectivity index (χ2n) is 8.20. The lowest BCUT2D eigenvalue weighted by molar-refractivity contribution is -0.136. The number of likely N-dealkylation sites (tertiary alicyclic amines) is 1. The number of amides is 2. The minimum absolute atomic E-state index is 0.0434. The van der Waals surface area contributed by atoms with Crippen molar-refractivity contribution in [2.75, 3.05) is 45.8 Å². The highest BCUT2D eigenvalue weighted by atomic mass is 16.2. The number of aryl methyl sites for hydroxylation is 1. The van der Waals surface area contributed by atoms with E-state index >= 15 is 0 Å². The molecule has 0 atom stereocenters.